The topological polar surface area (TPSA) is 76.6 Å². The molecule has 2 aromatic rings. The second-order valence-electron chi connectivity index (χ2n) is 4.16. The van der Waals surface area contributed by atoms with E-state index in [2.05, 4.69) is 10.5 Å². The van der Waals surface area contributed by atoms with Gasteiger partial charge in [-0.05, 0) is 38.1 Å². The average molecular weight is 273 g/mol. The number of aryl methyl sites for hydroxylation is 2. The number of pyridine rings is 1. The number of furan rings is 1. The molecule has 1 amide bonds. The largest absolute Gasteiger partial charge is 0.460 e. The molecule has 0 aromatic carbocycles. The minimum Gasteiger partial charge on any atom is -0.460 e. The van der Waals surface area contributed by atoms with Crippen LogP contribution in [0.2, 0.25) is 0 Å². The molecule has 0 spiro atoms. The van der Waals surface area contributed by atoms with E-state index >= 15 is 0 Å². The van der Waals surface area contributed by atoms with Gasteiger partial charge in [-0.1, -0.05) is 0 Å². The highest BCUT2D eigenvalue weighted by Gasteiger charge is 2.10. The Bertz CT molecular complexity index is 698. The summed E-state index contributed by atoms with van der Waals surface area (Å²) in [5.41, 5.74) is 2.03. The van der Waals surface area contributed by atoms with Crippen LogP contribution in [-0.2, 0) is 6.54 Å². The molecule has 0 aliphatic rings. The Labute approximate surface area is 115 Å². The lowest BCUT2D eigenvalue weighted by Crippen LogP contribution is -2.30. The molecule has 6 nitrogen and oxygen atoms in total. The number of aromatic nitrogens is 1. The molecule has 6 heteroatoms. The van der Waals surface area contributed by atoms with Crippen molar-refractivity contribution < 1.29 is 9.21 Å². The third-order valence-corrected chi connectivity index (χ3v) is 2.72. The summed E-state index contributed by atoms with van der Waals surface area (Å²) in [5.74, 6) is 0.742. The van der Waals surface area contributed by atoms with Crippen LogP contribution in [0.15, 0.2) is 44.8 Å². The number of carbonyl (C=O) groups is 1. The van der Waals surface area contributed by atoms with Crippen molar-refractivity contribution in [2.24, 2.45) is 5.10 Å². The predicted molar refractivity (Wildman–Crippen MR) is 74.9 cm³/mol. The molecule has 0 atom stereocenters. The van der Waals surface area contributed by atoms with Crippen molar-refractivity contribution in [2.75, 3.05) is 0 Å². The Kier molecular flexibility index (Phi) is 4.14. The van der Waals surface area contributed by atoms with Crippen LogP contribution in [0.5, 0.6) is 0 Å². The van der Waals surface area contributed by atoms with Gasteiger partial charge in [0.2, 0.25) is 0 Å². The second-order valence-corrected chi connectivity index (χ2v) is 4.16. The zero-order chi connectivity index (χ0) is 14.5. The van der Waals surface area contributed by atoms with Gasteiger partial charge in [0, 0.05) is 12.7 Å². The Morgan fingerprint density at radius 1 is 1.45 bits per heavy atom. The molecule has 0 saturated carbocycles. The lowest BCUT2D eigenvalue weighted by Gasteiger charge is -2.03. The van der Waals surface area contributed by atoms with E-state index in [0.29, 0.717) is 12.3 Å². The summed E-state index contributed by atoms with van der Waals surface area (Å²) in [6, 6.07) is 6.65. The minimum atomic E-state index is -0.544. The Balaban J connectivity index is 2.09. The summed E-state index contributed by atoms with van der Waals surface area (Å²) in [6.07, 6.45) is 3.01. The van der Waals surface area contributed by atoms with Gasteiger partial charge in [-0.2, -0.15) is 5.10 Å². The number of hydrogen-bond donors (Lipinski definition) is 1. The molecule has 2 aromatic heterocycles. The normalized spacial score (nSPS) is 10.9. The monoisotopic (exact) mass is 273 g/mol. The minimum absolute atomic E-state index is 0.0575. The summed E-state index contributed by atoms with van der Waals surface area (Å²) in [5, 5.41) is 3.76. The van der Waals surface area contributed by atoms with E-state index in [4.69, 9.17) is 4.42 Å². The molecular weight excluding hydrogens is 258 g/mol. The van der Waals surface area contributed by atoms with E-state index in [0.717, 1.165) is 5.76 Å². The highest BCUT2D eigenvalue weighted by Crippen LogP contribution is 2.02. The van der Waals surface area contributed by atoms with E-state index in [1.807, 2.05) is 13.8 Å². The highest BCUT2D eigenvalue weighted by atomic mass is 16.3. The van der Waals surface area contributed by atoms with Gasteiger partial charge in [-0.15, -0.1) is 0 Å². The molecule has 2 heterocycles. The van der Waals surface area contributed by atoms with Gasteiger partial charge in [0.15, 0.2) is 0 Å². The van der Waals surface area contributed by atoms with Gasteiger partial charge in [0.25, 0.3) is 11.5 Å². The first-order valence-corrected chi connectivity index (χ1v) is 6.21. The summed E-state index contributed by atoms with van der Waals surface area (Å²) in [4.78, 5) is 23.8. The first-order chi connectivity index (χ1) is 9.61. The molecule has 1 N–H and O–H groups in total. The lowest BCUT2D eigenvalue weighted by atomic mass is 10.2. The lowest BCUT2D eigenvalue weighted by molar-refractivity contribution is 0.0953. The maximum atomic E-state index is 11.9. The molecule has 0 unspecified atom stereocenters. The third kappa shape index (κ3) is 3.03. The van der Waals surface area contributed by atoms with Crippen LogP contribution < -0.4 is 11.0 Å². The van der Waals surface area contributed by atoms with Gasteiger partial charge < -0.3 is 8.98 Å². The number of nitrogens with zero attached hydrogens (tertiary/aromatic N) is 2. The maximum Gasteiger partial charge on any atom is 0.276 e. The highest BCUT2D eigenvalue weighted by molar-refractivity contribution is 5.94. The fraction of sp³-hybridized carbons (Fsp3) is 0.214. The molecule has 0 aliphatic heterocycles. The number of carbonyl (C=O) groups excluding carboxylic acids is 1. The van der Waals surface area contributed by atoms with Gasteiger partial charge in [0.05, 0.1) is 6.21 Å². The van der Waals surface area contributed by atoms with Crippen molar-refractivity contribution in [3.05, 3.63) is 57.9 Å². The first kappa shape index (κ1) is 13.8. The smallest absolute Gasteiger partial charge is 0.276 e. The average Bonchev–Trinajstić information content (AvgIpc) is 2.84. The Morgan fingerprint density at radius 2 is 2.25 bits per heavy atom. The summed E-state index contributed by atoms with van der Waals surface area (Å²) < 4.78 is 6.72. The van der Waals surface area contributed by atoms with Crippen LogP contribution in [-0.4, -0.2) is 16.7 Å². The van der Waals surface area contributed by atoms with Crippen molar-refractivity contribution >= 4 is 12.1 Å². The standard InChI is InChI=1S/C14H15N3O3/c1-3-17-8-4-5-12(14(17)19)13(18)16-15-9-11-7-6-10(2)20-11/h4-9H,3H2,1-2H3,(H,16,18)/b15-9-. The fourth-order valence-corrected chi connectivity index (χ4v) is 1.70. The van der Waals surface area contributed by atoms with Gasteiger partial charge in [0.1, 0.15) is 17.1 Å². The van der Waals surface area contributed by atoms with Gasteiger partial charge in [-0.25, -0.2) is 5.43 Å². The molecule has 104 valence electrons. The molecule has 20 heavy (non-hydrogen) atoms. The van der Waals surface area contributed by atoms with E-state index < -0.39 is 5.91 Å². The summed E-state index contributed by atoms with van der Waals surface area (Å²) in [7, 11) is 0. The van der Waals surface area contributed by atoms with Crippen molar-refractivity contribution in [1.29, 1.82) is 0 Å². The maximum absolute atomic E-state index is 11.9. The predicted octanol–water partition coefficient (Wildman–Crippen LogP) is 1.53. The summed E-state index contributed by atoms with van der Waals surface area (Å²) >= 11 is 0. The quantitative estimate of drug-likeness (QED) is 0.678. The van der Waals surface area contributed by atoms with E-state index in [1.54, 1.807) is 24.4 Å². The Hall–Kier alpha value is -2.63. The number of amides is 1. The van der Waals surface area contributed by atoms with Gasteiger partial charge >= 0.3 is 0 Å². The zero-order valence-corrected chi connectivity index (χ0v) is 11.3. The molecule has 0 aliphatic carbocycles. The van der Waals surface area contributed by atoms with Crippen molar-refractivity contribution in [1.82, 2.24) is 9.99 Å². The molecule has 0 fully saturated rings. The van der Waals surface area contributed by atoms with Crippen LogP contribution in [0.4, 0.5) is 0 Å². The van der Waals surface area contributed by atoms with Crippen molar-refractivity contribution in [3.8, 4) is 0 Å². The number of hydrazone groups is 1. The van der Waals surface area contributed by atoms with E-state index in [9.17, 15) is 9.59 Å². The first-order valence-electron chi connectivity index (χ1n) is 6.21. The molecular formula is C14H15N3O3. The van der Waals surface area contributed by atoms with Gasteiger partial charge in [-0.3, -0.25) is 9.59 Å². The Morgan fingerprint density at radius 3 is 2.90 bits per heavy atom. The van der Waals surface area contributed by atoms with Crippen LogP contribution in [0, 0.1) is 6.92 Å². The second kappa shape index (κ2) is 6.01. The van der Waals surface area contributed by atoms with Crippen LogP contribution in [0.1, 0.15) is 28.8 Å². The SMILES string of the molecule is CCn1cccc(C(=O)N/N=C\c2ccc(C)o2)c1=O. The molecule has 0 saturated heterocycles. The van der Waals surface area contributed by atoms with Crippen LogP contribution in [0.3, 0.4) is 0 Å². The molecule has 0 bridgehead atoms. The van der Waals surface area contributed by atoms with E-state index in [1.165, 1.54) is 16.8 Å². The summed E-state index contributed by atoms with van der Waals surface area (Å²) in [6.45, 7) is 4.16. The number of rotatable bonds is 4. The van der Waals surface area contributed by atoms with Crippen molar-refractivity contribution in [3.63, 3.8) is 0 Å². The zero-order valence-electron chi connectivity index (χ0n) is 11.3. The molecule has 2 rings (SSSR count). The van der Waals surface area contributed by atoms with E-state index in [-0.39, 0.29) is 11.1 Å². The third-order valence-electron chi connectivity index (χ3n) is 2.72. The number of nitrogens with one attached hydrogen (secondary N) is 1. The van der Waals surface area contributed by atoms with Crippen LogP contribution >= 0.6 is 0 Å². The number of hydrogen-bond acceptors (Lipinski definition) is 4. The van der Waals surface area contributed by atoms with Crippen molar-refractivity contribution in [2.45, 2.75) is 20.4 Å². The fourth-order valence-electron chi connectivity index (χ4n) is 1.70. The molecule has 0 radical (unpaired) electrons. The van der Waals surface area contributed by atoms with Crippen LogP contribution in [0.25, 0.3) is 0 Å².